The lowest BCUT2D eigenvalue weighted by Crippen LogP contribution is -2.59. The molecule has 0 saturated heterocycles. The van der Waals surface area contributed by atoms with Gasteiger partial charge in [-0.1, -0.05) is 32.0 Å². The summed E-state index contributed by atoms with van der Waals surface area (Å²) in [5.41, 5.74) is -0.303. The number of ether oxygens (including phenoxy) is 1. The number of amides is 1. The number of aliphatic carboxylic acids is 1. The van der Waals surface area contributed by atoms with E-state index in [9.17, 15) is 14.7 Å². The van der Waals surface area contributed by atoms with Gasteiger partial charge in [0.15, 0.2) is 11.4 Å². The van der Waals surface area contributed by atoms with E-state index < -0.39 is 17.4 Å². The van der Waals surface area contributed by atoms with Crippen LogP contribution in [0.4, 0.5) is 0 Å². The van der Waals surface area contributed by atoms with Crippen molar-refractivity contribution in [2.45, 2.75) is 38.6 Å². The van der Waals surface area contributed by atoms with Gasteiger partial charge in [-0.05, 0) is 37.3 Å². The molecule has 26 heavy (non-hydrogen) atoms. The van der Waals surface area contributed by atoms with E-state index in [4.69, 9.17) is 4.74 Å². The van der Waals surface area contributed by atoms with Crippen LogP contribution in [0.2, 0.25) is 0 Å². The summed E-state index contributed by atoms with van der Waals surface area (Å²) in [7, 11) is 0. The van der Waals surface area contributed by atoms with Gasteiger partial charge in [0.25, 0.3) is 5.91 Å². The number of carboxylic acids is 1. The van der Waals surface area contributed by atoms with Gasteiger partial charge in [0.05, 0.1) is 18.5 Å². The Bertz CT molecular complexity index is 794. The predicted molar refractivity (Wildman–Crippen MR) is 95.6 cm³/mol. The molecule has 7 heteroatoms. The zero-order valence-corrected chi connectivity index (χ0v) is 14.9. The average molecular weight is 357 g/mol. The quantitative estimate of drug-likeness (QED) is 0.794. The Morgan fingerprint density at radius 3 is 2.54 bits per heavy atom. The average Bonchev–Trinajstić information content (AvgIpc) is 3.01. The fourth-order valence-corrected chi connectivity index (χ4v) is 2.79. The van der Waals surface area contributed by atoms with Crippen LogP contribution < -0.4 is 10.1 Å². The van der Waals surface area contributed by atoms with Crippen LogP contribution >= 0.6 is 0 Å². The smallest absolute Gasteiger partial charge is 0.329 e. The van der Waals surface area contributed by atoms with E-state index in [1.807, 2.05) is 44.2 Å². The highest BCUT2D eigenvalue weighted by atomic mass is 16.5. The molecule has 0 radical (unpaired) electrons. The van der Waals surface area contributed by atoms with Crippen molar-refractivity contribution in [3.05, 3.63) is 42.2 Å². The minimum Gasteiger partial charge on any atom is -0.489 e. The highest BCUT2D eigenvalue weighted by Crippen LogP contribution is 2.33. The molecule has 1 aromatic carbocycles. The highest BCUT2D eigenvalue weighted by molar-refractivity contribution is 5.98. The first-order valence-corrected chi connectivity index (χ1v) is 8.75. The van der Waals surface area contributed by atoms with Gasteiger partial charge >= 0.3 is 5.97 Å². The van der Waals surface area contributed by atoms with Crippen LogP contribution in [0.1, 0.15) is 43.6 Å². The molecule has 1 amide bonds. The first kappa shape index (κ1) is 18.0. The molecule has 7 nitrogen and oxygen atoms in total. The van der Waals surface area contributed by atoms with E-state index in [-0.39, 0.29) is 11.6 Å². The lowest BCUT2D eigenvalue weighted by Gasteiger charge is -2.37. The van der Waals surface area contributed by atoms with E-state index in [1.165, 1.54) is 0 Å². The molecule has 3 rings (SSSR count). The van der Waals surface area contributed by atoms with Crippen LogP contribution in [0.15, 0.2) is 36.5 Å². The molecule has 0 unspecified atom stereocenters. The van der Waals surface area contributed by atoms with Crippen molar-refractivity contribution in [3.8, 4) is 11.4 Å². The molecule has 1 fully saturated rings. The summed E-state index contributed by atoms with van der Waals surface area (Å²) in [6.45, 7) is 4.45. The summed E-state index contributed by atoms with van der Waals surface area (Å²) < 4.78 is 7.33. The normalized spacial score (nSPS) is 15.3. The minimum atomic E-state index is -1.19. The molecule has 1 aliphatic carbocycles. The number of nitrogens with one attached hydrogen (secondary N) is 1. The summed E-state index contributed by atoms with van der Waals surface area (Å²) >= 11 is 0. The number of para-hydroxylation sites is 1. The van der Waals surface area contributed by atoms with Gasteiger partial charge < -0.3 is 15.2 Å². The lowest BCUT2D eigenvalue weighted by molar-refractivity contribution is -0.148. The Labute approximate surface area is 152 Å². The number of rotatable bonds is 7. The second-order valence-electron chi connectivity index (χ2n) is 7.02. The zero-order valence-electron chi connectivity index (χ0n) is 14.9. The maximum atomic E-state index is 12.7. The summed E-state index contributed by atoms with van der Waals surface area (Å²) in [6.07, 6.45) is 3.29. The Morgan fingerprint density at radius 2 is 2.00 bits per heavy atom. The van der Waals surface area contributed by atoms with Crippen LogP contribution in [0.5, 0.6) is 5.75 Å². The SMILES string of the molecule is CC(C)COc1cn(-c2ccccc2)nc1C(=O)NC1(C(=O)O)CCC1. The molecular weight excluding hydrogens is 334 g/mol. The largest absolute Gasteiger partial charge is 0.489 e. The van der Waals surface area contributed by atoms with E-state index in [0.29, 0.717) is 25.2 Å². The minimum absolute atomic E-state index is 0.0991. The van der Waals surface area contributed by atoms with Crippen molar-refractivity contribution in [1.82, 2.24) is 15.1 Å². The van der Waals surface area contributed by atoms with Gasteiger partial charge in [0.2, 0.25) is 0 Å². The summed E-state index contributed by atoms with van der Waals surface area (Å²) in [5, 5.41) is 16.4. The van der Waals surface area contributed by atoms with Crippen molar-refractivity contribution in [1.29, 1.82) is 0 Å². The Morgan fingerprint density at radius 1 is 1.31 bits per heavy atom. The molecule has 138 valence electrons. The third-order valence-electron chi connectivity index (χ3n) is 4.46. The number of carbonyl (C=O) groups is 2. The monoisotopic (exact) mass is 357 g/mol. The second kappa shape index (κ2) is 7.19. The fraction of sp³-hybridized carbons (Fsp3) is 0.421. The number of aromatic nitrogens is 2. The van der Waals surface area contributed by atoms with Crippen LogP contribution in [-0.2, 0) is 4.79 Å². The molecule has 1 aromatic heterocycles. The van der Waals surface area contributed by atoms with E-state index >= 15 is 0 Å². The standard InChI is InChI=1S/C19H23N3O4/c1-13(2)12-26-15-11-22(14-7-4-3-5-8-14)21-16(15)17(23)20-19(18(24)25)9-6-10-19/h3-5,7-8,11,13H,6,9-10,12H2,1-2H3,(H,20,23)(H,24,25). The number of nitrogens with zero attached hydrogens (tertiary/aromatic N) is 2. The molecule has 0 spiro atoms. The van der Waals surface area contributed by atoms with Gasteiger partial charge in [-0.25, -0.2) is 9.48 Å². The van der Waals surface area contributed by atoms with Crippen molar-refractivity contribution in [2.75, 3.05) is 6.61 Å². The molecule has 0 bridgehead atoms. The molecule has 1 saturated carbocycles. The number of carbonyl (C=O) groups excluding carboxylic acids is 1. The molecular formula is C19H23N3O4. The van der Waals surface area contributed by atoms with Gasteiger partial charge in [-0.15, -0.1) is 0 Å². The third kappa shape index (κ3) is 3.56. The van der Waals surface area contributed by atoms with Gasteiger partial charge in [-0.3, -0.25) is 4.79 Å². The summed E-state index contributed by atoms with van der Waals surface area (Å²) in [5.74, 6) is -0.910. The highest BCUT2D eigenvalue weighted by Gasteiger charge is 2.46. The Balaban J connectivity index is 1.89. The predicted octanol–water partition coefficient (Wildman–Crippen LogP) is 2.64. The van der Waals surface area contributed by atoms with Crippen LogP contribution in [0.3, 0.4) is 0 Å². The maximum absolute atomic E-state index is 12.7. The van der Waals surface area contributed by atoms with Gasteiger partial charge in [0, 0.05) is 0 Å². The molecule has 2 N–H and O–H groups in total. The van der Waals surface area contributed by atoms with Gasteiger partial charge in [-0.2, -0.15) is 5.10 Å². The Kier molecular flexibility index (Phi) is 4.97. The molecule has 1 heterocycles. The molecule has 1 aliphatic rings. The van der Waals surface area contributed by atoms with Gasteiger partial charge in [0.1, 0.15) is 5.54 Å². The fourth-order valence-electron chi connectivity index (χ4n) is 2.79. The van der Waals surface area contributed by atoms with Crippen molar-refractivity contribution < 1.29 is 19.4 Å². The first-order valence-electron chi connectivity index (χ1n) is 8.75. The Hall–Kier alpha value is -2.83. The third-order valence-corrected chi connectivity index (χ3v) is 4.46. The summed E-state index contributed by atoms with van der Waals surface area (Å²) in [4.78, 5) is 24.3. The second-order valence-corrected chi connectivity index (χ2v) is 7.02. The van der Waals surface area contributed by atoms with Crippen molar-refractivity contribution in [2.24, 2.45) is 5.92 Å². The zero-order chi connectivity index (χ0) is 18.7. The molecule has 0 atom stereocenters. The van der Waals surface area contributed by atoms with Crippen LogP contribution in [0, 0.1) is 5.92 Å². The number of hydrogen-bond acceptors (Lipinski definition) is 4. The summed E-state index contributed by atoms with van der Waals surface area (Å²) in [6, 6.07) is 9.37. The van der Waals surface area contributed by atoms with Crippen LogP contribution in [0.25, 0.3) is 5.69 Å². The van der Waals surface area contributed by atoms with E-state index in [2.05, 4.69) is 10.4 Å². The van der Waals surface area contributed by atoms with Crippen LogP contribution in [-0.4, -0.2) is 38.9 Å². The first-order chi connectivity index (χ1) is 12.4. The van der Waals surface area contributed by atoms with E-state index in [1.54, 1.807) is 10.9 Å². The number of benzene rings is 1. The number of hydrogen-bond donors (Lipinski definition) is 2. The number of carboxylic acid groups (broad SMARTS) is 1. The van der Waals surface area contributed by atoms with Crippen molar-refractivity contribution >= 4 is 11.9 Å². The van der Waals surface area contributed by atoms with Crippen molar-refractivity contribution in [3.63, 3.8) is 0 Å². The topological polar surface area (TPSA) is 93.5 Å². The molecule has 0 aliphatic heterocycles. The lowest BCUT2D eigenvalue weighted by atomic mass is 9.76. The molecule has 2 aromatic rings. The van der Waals surface area contributed by atoms with E-state index in [0.717, 1.165) is 12.1 Å². The maximum Gasteiger partial charge on any atom is 0.329 e.